The lowest BCUT2D eigenvalue weighted by molar-refractivity contribution is -0.127. The van der Waals surface area contributed by atoms with Gasteiger partial charge in [-0.15, -0.1) is 0 Å². The number of carbonyl (C=O) groups excluding carboxylic acids is 2. The van der Waals surface area contributed by atoms with Crippen LogP contribution in [0.25, 0.3) is 0 Å². The molecule has 1 fully saturated rings. The SMILES string of the molecule is CCCC[C@H](CC)CNC(=O)CCC(=O)NC1CCCCCCCCCCC1. The van der Waals surface area contributed by atoms with Crippen LogP contribution in [0.15, 0.2) is 0 Å². The van der Waals surface area contributed by atoms with Crippen LogP contribution in [0.1, 0.15) is 123 Å². The molecule has 0 bridgehead atoms. The summed E-state index contributed by atoms with van der Waals surface area (Å²) in [7, 11) is 0. The number of carbonyl (C=O) groups is 2. The van der Waals surface area contributed by atoms with Crippen molar-refractivity contribution < 1.29 is 9.59 Å². The van der Waals surface area contributed by atoms with E-state index in [9.17, 15) is 9.59 Å². The molecule has 28 heavy (non-hydrogen) atoms. The molecule has 4 nitrogen and oxygen atoms in total. The largest absolute Gasteiger partial charge is 0.356 e. The third kappa shape index (κ3) is 13.2. The number of rotatable bonds is 10. The second kappa shape index (κ2) is 16.9. The molecule has 1 atom stereocenters. The second-order valence-corrected chi connectivity index (χ2v) is 8.74. The average molecular weight is 395 g/mol. The highest BCUT2D eigenvalue weighted by Gasteiger charge is 2.14. The topological polar surface area (TPSA) is 58.2 Å². The molecule has 164 valence electrons. The fraction of sp³-hybridized carbons (Fsp3) is 0.917. The van der Waals surface area contributed by atoms with Crippen LogP contribution in [-0.4, -0.2) is 24.4 Å². The lowest BCUT2D eigenvalue weighted by atomic mass is 9.98. The van der Waals surface area contributed by atoms with Gasteiger partial charge in [0.2, 0.25) is 11.8 Å². The molecule has 2 amide bonds. The van der Waals surface area contributed by atoms with E-state index < -0.39 is 0 Å². The monoisotopic (exact) mass is 394 g/mol. The smallest absolute Gasteiger partial charge is 0.220 e. The lowest BCUT2D eigenvalue weighted by Crippen LogP contribution is -2.36. The summed E-state index contributed by atoms with van der Waals surface area (Å²) in [6.07, 6.45) is 19.3. The Bertz CT molecular complexity index is 399. The number of amides is 2. The van der Waals surface area contributed by atoms with E-state index in [1.807, 2.05) is 0 Å². The third-order valence-electron chi connectivity index (χ3n) is 6.18. The molecule has 1 aliphatic rings. The van der Waals surface area contributed by atoms with Crippen molar-refractivity contribution in [3.05, 3.63) is 0 Å². The molecule has 0 unspecified atom stereocenters. The van der Waals surface area contributed by atoms with Gasteiger partial charge in [-0.05, 0) is 25.2 Å². The zero-order chi connectivity index (χ0) is 20.5. The molecule has 0 radical (unpaired) electrons. The predicted molar refractivity (Wildman–Crippen MR) is 118 cm³/mol. The van der Waals surface area contributed by atoms with E-state index >= 15 is 0 Å². The molecule has 0 aliphatic heterocycles. The Morgan fingerprint density at radius 1 is 0.821 bits per heavy atom. The van der Waals surface area contributed by atoms with Crippen LogP contribution in [0, 0.1) is 5.92 Å². The summed E-state index contributed by atoms with van der Waals surface area (Å²) in [5, 5.41) is 6.24. The summed E-state index contributed by atoms with van der Waals surface area (Å²) in [5.41, 5.74) is 0. The zero-order valence-electron chi connectivity index (χ0n) is 18.7. The summed E-state index contributed by atoms with van der Waals surface area (Å²) in [6, 6.07) is 0.300. The maximum atomic E-state index is 12.3. The molecule has 0 heterocycles. The first-order valence-corrected chi connectivity index (χ1v) is 12.2. The van der Waals surface area contributed by atoms with E-state index in [-0.39, 0.29) is 11.8 Å². The minimum Gasteiger partial charge on any atom is -0.356 e. The van der Waals surface area contributed by atoms with Crippen LogP contribution in [0.2, 0.25) is 0 Å². The Hall–Kier alpha value is -1.06. The second-order valence-electron chi connectivity index (χ2n) is 8.74. The van der Waals surface area contributed by atoms with Gasteiger partial charge in [-0.1, -0.05) is 90.9 Å². The van der Waals surface area contributed by atoms with Gasteiger partial charge in [0.25, 0.3) is 0 Å². The van der Waals surface area contributed by atoms with Crippen LogP contribution in [0.5, 0.6) is 0 Å². The van der Waals surface area contributed by atoms with Crippen molar-refractivity contribution in [3.8, 4) is 0 Å². The average Bonchev–Trinajstić information content (AvgIpc) is 2.68. The van der Waals surface area contributed by atoms with Crippen molar-refractivity contribution in [1.29, 1.82) is 0 Å². The van der Waals surface area contributed by atoms with Gasteiger partial charge in [0, 0.05) is 25.4 Å². The summed E-state index contributed by atoms with van der Waals surface area (Å²) >= 11 is 0. The highest BCUT2D eigenvalue weighted by Crippen LogP contribution is 2.17. The Balaban J connectivity index is 2.25. The van der Waals surface area contributed by atoms with Gasteiger partial charge in [-0.3, -0.25) is 9.59 Å². The summed E-state index contributed by atoms with van der Waals surface area (Å²) in [6.45, 7) is 5.13. The zero-order valence-corrected chi connectivity index (χ0v) is 18.7. The molecule has 0 aromatic heterocycles. The Morgan fingerprint density at radius 2 is 1.36 bits per heavy atom. The molecule has 2 N–H and O–H groups in total. The minimum absolute atomic E-state index is 0.0174. The van der Waals surface area contributed by atoms with Crippen LogP contribution in [-0.2, 0) is 9.59 Å². The van der Waals surface area contributed by atoms with Crippen LogP contribution < -0.4 is 10.6 Å². The highest BCUT2D eigenvalue weighted by molar-refractivity contribution is 5.83. The summed E-state index contributed by atoms with van der Waals surface area (Å²) in [4.78, 5) is 24.4. The standard InChI is InChI=1S/C24H46N2O2/c1-3-5-15-21(4-2)20-25-23(27)18-19-24(28)26-22-16-13-11-9-7-6-8-10-12-14-17-22/h21-22H,3-20H2,1-2H3,(H,25,27)(H,26,28)/t21-/m0/s1. The first-order valence-electron chi connectivity index (χ1n) is 12.2. The van der Waals surface area contributed by atoms with E-state index in [0.29, 0.717) is 24.8 Å². The van der Waals surface area contributed by atoms with Crippen molar-refractivity contribution in [1.82, 2.24) is 10.6 Å². The predicted octanol–water partition coefficient (Wildman–Crippen LogP) is 5.89. The van der Waals surface area contributed by atoms with E-state index in [2.05, 4.69) is 24.5 Å². The van der Waals surface area contributed by atoms with E-state index in [1.54, 1.807) is 0 Å². The summed E-state index contributed by atoms with van der Waals surface area (Å²) in [5.74, 6) is 0.628. The molecule has 1 saturated carbocycles. The van der Waals surface area contributed by atoms with E-state index in [0.717, 1.165) is 25.8 Å². The van der Waals surface area contributed by atoms with Gasteiger partial charge in [0.15, 0.2) is 0 Å². The Labute approximate surface area is 174 Å². The molecule has 1 rings (SSSR count). The Morgan fingerprint density at radius 3 is 1.89 bits per heavy atom. The van der Waals surface area contributed by atoms with Gasteiger partial charge >= 0.3 is 0 Å². The van der Waals surface area contributed by atoms with Crippen LogP contribution in [0.4, 0.5) is 0 Å². The molecule has 0 saturated heterocycles. The van der Waals surface area contributed by atoms with Gasteiger partial charge < -0.3 is 10.6 Å². The molecular weight excluding hydrogens is 348 g/mol. The third-order valence-corrected chi connectivity index (χ3v) is 6.18. The van der Waals surface area contributed by atoms with Crippen molar-refractivity contribution in [3.63, 3.8) is 0 Å². The van der Waals surface area contributed by atoms with Crippen molar-refractivity contribution >= 4 is 11.8 Å². The number of hydrogen-bond acceptors (Lipinski definition) is 2. The number of hydrogen-bond donors (Lipinski definition) is 2. The quantitative estimate of drug-likeness (QED) is 0.485. The molecule has 4 heteroatoms. The van der Waals surface area contributed by atoms with E-state index in [1.165, 1.54) is 77.0 Å². The molecule has 0 aromatic rings. The normalized spacial score (nSPS) is 18.5. The van der Waals surface area contributed by atoms with Gasteiger partial charge in [-0.25, -0.2) is 0 Å². The first kappa shape index (κ1) is 25.0. The number of unbranched alkanes of at least 4 members (excludes halogenated alkanes) is 1. The fourth-order valence-electron chi connectivity index (χ4n) is 4.12. The van der Waals surface area contributed by atoms with Crippen molar-refractivity contribution in [2.75, 3.05) is 6.54 Å². The Kier molecular flexibility index (Phi) is 15.0. The van der Waals surface area contributed by atoms with Crippen molar-refractivity contribution in [2.24, 2.45) is 5.92 Å². The lowest BCUT2D eigenvalue weighted by Gasteiger charge is -2.20. The van der Waals surface area contributed by atoms with Crippen LogP contribution >= 0.6 is 0 Å². The first-order chi connectivity index (χ1) is 13.7. The molecule has 0 aromatic carbocycles. The van der Waals surface area contributed by atoms with E-state index in [4.69, 9.17) is 0 Å². The maximum absolute atomic E-state index is 12.3. The molecule has 1 aliphatic carbocycles. The summed E-state index contributed by atoms with van der Waals surface area (Å²) < 4.78 is 0. The highest BCUT2D eigenvalue weighted by atomic mass is 16.2. The van der Waals surface area contributed by atoms with Crippen molar-refractivity contribution in [2.45, 2.75) is 129 Å². The van der Waals surface area contributed by atoms with Gasteiger partial charge in [-0.2, -0.15) is 0 Å². The van der Waals surface area contributed by atoms with Crippen LogP contribution in [0.3, 0.4) is 0 Å². The minimum atomic E-state index is 0.0174. The van der Waals surface area contributed by atoms with Gasteiger partial charge in [0.05, 0.1) is 0 Å². The molecule has 0 spiro atoms. The number of nitrogens with one attached hydrogen (secondary N) is 2. The fourth-order valence-corrected chi connectivity index (χ4v) is 4.12. The maximum Gasteiger partial charge on any atom is 0.220 e. The van der Waals surface area contributed by atoms with Gasteiger partial charge in [0.1, 0.15) is 0 Å². The molecular formula is C24H46N2O2.